The zero-order valence-electron chi connectivity index (χ0n) is 16.0. The normalized spacial score (nSPS) is 17.3. The standard InChI is InChI=1S/C20H18N4O5S/c1-2-29-19(26)15-8-6-13(7-9-15)11-17-18(25)22-20(30-17)23-21-12-14-4-3-5-16(10-14)24(27)28/h3-10,12,17H,2,11H2,1H3,(H,22,23,25)/b21-12-/t17-/m1/s1. The minimum atomic E-state index is -0.486. The summed E-state index contributed by atoms with van der Waals surface area (Å²) in [5.74, 6) is -0.563. The number of nitrogens with zero attached hydrogens (tertiary/aromatic N) is 3. The van der Waals surface area contributed by atoms with Crippen LogP contribution in [0.3, 0.4) is 0 Å². The summed E-state index contributed by atoms with van der Waals surface area (Å²) in [5.41, 5.74) is 1.85. The number of non-ortho nitro benzene ring substituents is 1. The Morgan fingerprint density at radius 3 is 2.77 bits per heavy atom. The van der Waals surface area contributed by atoms with Gasteiger partial charge in [-0.3, -0.25) is 14.9 Å². The number of thioether (sulfide) groups is 1. The van der Waals surface area contributed by atoms with Crippen molar-refractivity contribution in [2.24, 2.45) is 10.2 Å². The number of hydrogen-bond acceptors (Lipinski definition) is 8. The van der Waals surface area contributed by atoms with Crippen molar-refractivity contribution in [1.82, 2.24) is 5.32 Å². The topological polar surface area (TPSA) is 123 Å². The summed E-state index contributed by atoms with van der Waals surface area (Å²) in [6, 6.07) is 12.9. The smallest absolute Gasteiger partial charge is 0.338 e. The molecule has 1 N–H and O–H groups in total. The average molecular weight is 426 g/mol. The van der Waals surface area contributed by atoms with Crippen LogP contribution >= 0.6 is 11.8 Å². The molecule has 0 bridgehead atoms. The van der Waals surface area contributed by atoms with Gasteiger partial charge in [0.25, 0.3) is 5.69 Å². The Balaban J connectivity index is 1.60. The summed E-state index contributed by atoms with van der Waals surface area (Å²) in [6.45, 7) is 2.06. The lowest BCUT2D eigenvalue weighted by molar-refractivity contribution is -0.384. The van der Waals surface area contributed by atoms with E-state index in [0.29, 0.717) is 29.3 Å². The fourth-order valence-corrected chi connectivity index (χ4v) is 3.62. The van der Waals surface area contributed by atoms with E-state index in [-0.39, 0.29) is 22.8 Å². The number of rotatable bonds is 7. The molecule has 1 amide bonds. The predicted octanol–water partition coefficient (Wildman–Crippen LogP) is 2.94. The van der Waals surface area contributed by atoms with Crippen LogP contribution in [0.5, 0.6) is 0 Å². The van der Waals surface area contributed by atoms with Crippen molar-refractivity contribution in [2.75, 3.05) is 6.61 Å². The maximum Gasteiger partial charge on any atom is 0.338 e. The molecule has 0 radical (unpaired) electrons. The molecule has 9 nitrogen and oxygen atoms in total. The number of ether oxygens (including phenoxy) is 1. The van der Waals surface area contributed by atoms with Crippen molar-refractivity contribution >= 4 is 40.7 Å². The molecule has 1 fully saturated rings. The number of nitro groups is 1. The van der Waals surface area contributed by atoms with Crippen LogP contribution in [0.2, 0.25) is 0 Å². The molecule has 2 aromatic rings. The molecule has 2 aromatic carbocycles. The van der Waals surface area contributed by atoms with Crippen molar-refractivity contribution in [3.8, 4) is 0 Å². The van der Waals surface area contributed by atoms with Gasteiger partial charge in [0.1, 0.15) is 0 Å². The van der Waals surface area contributed by atoms with Gasteiger partial charge >= 0.3 is 5.97 Å². The molecule has 154 valence electrons. The second-order valence-corrected chi connectivity index (χ2v) is 7.41. The summed E-state index contributed by atoms with van der Waals surface area (Å²) in [6.07, 6.45) is 1.85. The van der Waals surface area contributed by atoms with E-state index in [0.717, 1.165) is 5.56 Å². The quantitative estimate of drug-likeness (QED) is 0.314. The molecule has 30 heavy (non-hydrogen) atoms. The van der Waals surface area contributed by atoms with E-state index >= 15 is 0 Å². The fourth-order valence-electron chi connectivity index (χ4n) is 2.66. The highest BCUT2D eigenvalue weighted by atomic mass is 32.2. The van der Waals surface area contributed by atoms with Crippen LogP contribution in [0.4, 0.5) is 5.69 Å². The molecule has 0 aliphatic carbocycles. The summed E-state index contributed by atoms with van der Waals surface area (Å²) in [7, 11) is 0. The number of hydrogen-bond donors (Lipinski definition) is 1. The average Bonchev–Trinajstić information content (AvgIpc) is 3.08. The Hall–Kier alpha value is -3.53. The lowest BCUT2D eigenvalue weighted by Gasteiger charge is -2.06. The number of benzene rings is 2. The van der Waals surface area contributed by atoms with Gasteiger partial charge in [-0.25, -0.2) is 4.79 Å². The van der Waals surface area contributed by atoms with Gasteiger partial charge in [-0.1, -0.05) is 36.0 Å². The first-order valence-electron chi connectivity index (χ1n) is 9.05. The van der Waals surface area contributed by atoms with Crippen molar-refractivity contribution in [3.05, 3.63) is 75.3 Å². The minimum absolute atomic E-state index is 0.0378. The first kappa shape index (κ1) is 21.2. The zero-order valence-corrected chi connectivity index (χ0v) is 16.8. The number of amidine groups is 1. The third-order valence-corrected chi connectivity index (χ3v) is 5.17. The van der Waals surface area contributed by atoms with Gasteiger partial charge in [0.2, 0.25) is 5.91 Å². The number of esters is 1. The van der Waals surface area contributed by atoms with E-state index in [1.165, 1.54) is 30.1 Å². The van der Waals surface area contributed by atoms with Gasteiger partial charge < -0.3 is 10.1 Å². The van der Waals surface area contributed by atoms with Crippen LogP contribution < -0.4 is 5.32 Å². The third kappa shape index (κ3) is 5.51. The molecule has 1 aliphatic heterocycles. The van der Waals surface area contributed by atoms with Crippen molar-refractivity contribution < 1.29 is 19.2 Å². The van der Waals surface area contributed by atoms with E-state index < -0.39 is 4.92 Å². The Labute approximate surface area is 176 Å². The van der Waals surface area contributed by atoms with Crippen LogP contribution in [0.25, 0.3) is 0 Å². The second kappa shape index (κ2) is 9.79. The van der Waals surface area contributed by atoms with Crippen LogP contribution in [-0.4, -0.2) is 40.0 Å². The highest BCUT2D eigenvalue weighted by Crippen LogP contribution is 2.23. The SMILES string of the molecule is CCOC(=O)c1ccc(C[C@H]2S/C(=N\N=C/c3cccc([N+](=O)[O-])c3)NC2=O)cc1. The van der Waals surface area contributed by atoms with Crippen molar-refractivity contribution in [3.63, 3.8) is 0 Å². The first-order valence-corrected chi connectivity index (χ1v) is 9.93. The van der Waals surface area contributed by atoms with Gasteiger partial charge in [-0.2, -0.15) is 5.10 Å². The third-order valence-electron chi connectivity index (χ3n) is 4.10. The molecule has 0 aromatic heterocycles. The van der Waals surface area contributed by atoms with Crippen molar-refractivity contribution in [2.45, 2.75) is 18.6 Å². The number of carbonyl (C=O) groups excluding carboxylic acids is 2. The molecule has 10 heteroatoms. The van der Waals surface area contributed by atoms with Gasteiger partial charge in [-0.05, 0) is 31.0 Å². The number of nitrogens with one attached hydrogen (secondary N) is 1. The van der Waals surface area contributed by atoms with Crippen LogP contribution in [0.15, 0.2) is 58.7 Å². The lowest BCUT2D eigenvalue weighted by Crippen LogP contribution is -2.25. The maximum atomic E-state index is 12.2. The van der Waals surface area contributed by atoms with Gasteiger partial charge in [0.05, 0.1) is 28.6 Å². The number of nitro benzene ring substituents is 1. The first-order chi connectivity index (χ1) is 14.5. The maximum absolute atomic E-state index is 12.2. The Morgan fingerprint density at radius 1 is 1.30 bits per heavy atom. The van der Waals surface area contributed by atoms with Crippen LogP contribution in [-0.2, 0) is 16.0 Å². The highest BCUT2D eigenvalue weighted by molar-refractivity contribution is 8.15. The highest BCUT2D eigenvalue weighted by Gasteiger charge is 2.30. The van der Waals surface area contributed by atoms with E-state index in [9.17, 15) is 19.7 Å². The minimum Gasteiger partial charge on any atom is -0.462 e. The summed E-state index contributed by atoms with van der Waals surface area (Å²) in [5, 5.41) is 21.3. The largest absolute Gasteiger partial charge is 0.462 e. The Kier molecular flexibility index (Phi) is 6.91. The molecular weight excluding hydrogens is 408 g/mol. The molecule has 3 rings (SSSR count). The fraction of sp³-hybridized carbons (Fsp3) is 0.200. The molecule has 1 atom stereocenters. The molecule has 0 spiro atoms. The van der Waals surface area contributed by atoms with E-state index in [1.54, 1.807) is 43.3 Å². The summed E-state index contributed by atoms with van der Waals surface area (Å²) in [4.78, 5) is 34.2. The van der Waals surface area contributed by atoms with E-state index in [2.05, 4.69) is 15.5 Å². The Bertz CT molecular complexity index is 1020. The predicted molar refractivity (Wildman–Crippen MR) is 114 cm³/mol. The molecular formula is C20H18N4O5S. The zero-order chi connectivity index (χ0) is 21.5. The van der Waals surface area contributed by atoms with E-state index in [4.69, 9.17) is 4.74 Å². The van der Waals surface area contributed by atoms with Gasteiger partial charge in [0, 0.05) is 17.7 Å². The monoisotopic (exact) mass is 426 g/mol. The van der Waals surface area contributed by atoms with E-state index in [1.807, 2.05) is 0 Å². The molecule has 1 aliphatic rings. The molecule has 0 saturated carbocycles. The van der Waals surface area contributed by atoms with Gasteiger partial charge in [0.15, 0.2) is 5.17 Å². The van der Waals surface area contributed by atoms with Gasteiger partial charge in [-0.15, -0.1) is 5.10 Å². The lowest BCUT2D eigenvalue weighted by atomic mass is 10.1. The summed E-state index contributed by atoms with van der Waals surface area (Å²) < 4.78 is 4.95. The van der Waals surface area contributed by atoms with Crippen LogP contribution in [0.1, 0.15) is 28.4 Å². The Morgan fingerprint density at radius 2 is 2.07 bits per heavy atom. The number of carbonyl (C=O) groups is 2. The van der Waals surface area contributed by atoms with Crippen LogP contribution in [0, 0.1) is 10.1 Å². The van der Waals surface area contributed by atoms with Crippen molar-refractivity contribution in [1.29, 1.82) is 0 Å². The number of amides is 1. The second-order valence-electron chi connectivity index (χ2n) is 6.22. The summed E-state index contributed by atoms with van der Waals surface area (Å²) >= 11 is 1.25. The molecule has 0 unspecified atom stereocenters. The molecule has 1 saturated heterocycles. The molecule has 1 heterocycles.